The maximum Gasteiger partial charge on any atom is 0.238 e. The van der Waals surface area contributed by atoms with Crippen LogP contribution in [0.3, 0.4) is 0 Å². The zero-order chi connectivity index (χ0) is 17.1. The molecule has 0 bridgehead atoms. The van der Waals surface area contributed by atoms with Gasteiger partial charge >= 0.3 is 0 Å². The quantitative estimate of drug-likeness (QED) is 0.926. The monoisotopic (exact) mass is 344 g/mol. The average molecular weight is 344 g/mol. The van der Waals surface area contributed by atoms with E-state index in [9.17, 15) is 4.79 Å². The number of rotatable bonds is 4. The third kappa shape index (κ3) is 3.94. The molecule has 1 saturated heterocycles. The van der Waals surface area contributed by atoms with Crippen molar-refractivity contribution in [3.8, 4) is 0 Å². The van der Waals surface area contributed by atoms with Crippen molar-refractivity contribution in [3.05, 3.63) is 40.4 Å². The molecular weight excluding hydrogens is 320 g/mol. The molecule has 0 spiro atoms. The molecule has 0 aliphatic carbocycles. The minimum atomic E-state index is 0.0611. The molecule has 128 valence electrons. The number of nitrogens with one attached hydrogen (secondary N) is 1. The van der Waals surface area contributed by atoms with Gasteiger partial charge in [-0.15, -0.1) is 11.3 Å². The lowest BCUT2D eigenvalue weighted by Crippen LogP contribution is -2.48. The lowest BCUT2D eigenvalue weighted by Gasteiger charge is -2.34. The van der Waals surface area contributed by atoms with Crippen LogP contribution < -0.4 is 10.2 Å². The van der Waals surface area contributed by atoms with Crippen LogP contribution in [0.1, 0.15) is 16.0 Å². The van der Waals surface area contributed by atoms with Crippen molar-refractivity contribution in [2.45, 2.75) is 20.8 Å². The highest BCUT2D eigenvalue weighted by Gasteiger charge is 2.21. The number of benzene rings is 1. The first-order chi connectivity index (χ1) is 11.5. The van der Waals surface area contributed by atoms with Crippen molar-refractivity contribution in [1.29, 1.82) is 0 Å². The largest absolute Gasteiger partial charge is 0.346 e. The van der Waals surface area contributed by atoms with Crippen molar-refractivity contribution >= 4 is 28.1 Å². The second-order valence-electron chi connectivity index (χ2n) is 6.33. The first-order valence-electron chi connectivity index (χ1n) is 8.29. The van der Waals surface area contributed by atoms with Gasteiger partial charge in [-0.25, -0.2) is 4.98 Å². The smallest absolute Gasteiger partial charge is 0.238 e. The summed E-state index contributed by atoms with van der Waals surface area (Å²) < 4.78 is 0. The van der Waals surface area contributed by atoms with E-state index in [-0.39, 0.29) is 5.91 Å². The van der Waals surface area contributed by atoms with Crippen LogP contribution in [0, 0.1) is 20.8 Å². The Morgan fingerprint density at radius 3 is 2.42 bits per heavy atom. The summed E-state index contributed by atoms with van der Waals surface area (Å²) in [5.74, 6) is 0.0611. The Morgan fingerprint density at radius 1 is 1.17 bits per heavy atom. The molecule has 1 aliphatic heterocycles. The highest BCUT2D eigenvalue weighted by molar-refractivity contribution is 7.15. The van der Waals surface area contributed by atoms with Crippen molar-refractivity contribution in [1.82, 2.24) is 9.88 Å². The number of amides is 1. The van der Waals surface area contributed by atoms with Gasteiger partial charge < -0.3 is 10.2 Å². The lowest BCUT2D eigenvalue weighted by molar-refractivity contribution is -0.117. The van der Waals surface area contributed by atoms with E-state index in [0.29, 0.717) is 6.54 Å². The van der Waals surface area contributed by atoms with E-state index in [4.69, 9.17) is 0 Å². The predicted octanol–water partition coefficient (Wildman–Crippen LogP) is 2.83. The van der Waals surface area contributed by atoms with E-state index in [0.717, 1.165) is 48.1 Å². The summed E-state index contributed by atoms with van der Waals surface area (Å²) in [4.78, 5) is 22.6. The van der Waals surface area contributed by atoms with E-state index in [2.05, 4.69) is 27.0 Å². The number of carbonyl (C=O) groups is 1. The standard InChI is InChI=1S/C18H24N4OS/c1-13-5-4-6-14(2)17(13)20-16(23)12-21-7-9-22(10-8-21)18-19-11-15(3)24-18/h4-6,11H,7-10,12H2,1-3H3,(H,20,23). The van der Waals surface area contributed by atoms with E-state index >= 15 is 0 Å². The first kappa shape index (κ1) is 16.9. The zero-order valence-electron chi connectivity index (χ0n) is 14.5. The van der Waals surface area contributed by atoms with Gasteiger partial charge in [0.05, 0.1) is 6.54 Å². The Labute approximate surface area is 147 Å². The number of para-hydroxylation sites is 1. The minimum absolute atomic E-state index is 0.0611. The number of anilines is 2. The summed E-state index contributed by atoms with van der Waals surface area (Å²) in [5, 5.41) is 4.16. The Morgan fingerprint density at radius 2 is 1.83 bits per heavy atom. The van der Waals surface area contributed by atoms with Crippen LogP contribution in [0.15, 0.2) is 24.4 Å². The van der Waals surface area contributed by atoms with Gasteiger partial charge in [-0.3, -0.25) is 9.69 Å². The van der Waals surface area contributed by atoms with E-state index in [1.54, 1.807) is 11.3 Å². The molecule has 0 saturated carbocycles. The van der Waals surface area contributed by atoms with Crippen LogP contribution in [-0.2, 0) is 4.79 Å². The second-order valence-corrected chi connectivity index (χ2v) is 7.54. The molecule has 3 rings (SSSR count). The van der Waals surface area contributed by atoms with Gasteiger partial charge in [-0.1, -0.05) is 18.2 Å². The second kappa shape index (κ2) is 7.32. The summed E-state index contributed by atoms with van der Waals surface area (Å²) in [5.41, 5.74) is 3.15. The maximum absolute atomic E-state index is 12.4. The molecular formula is C18H24N4OS. The van der Waals surface area contributed by atoms with Crippen molar-refractivity contribution in [3.63, 3.8) is 0 Å². The molecule has 1 aromatic heterocycles. The molecule has 2 aromatic rings. The Bertz CT molecular complexity index is 699. The molecule has 0 radical (unpaired) electrons. The molecule has 24 heavy (non-hydrogen) atoms. The average Bonchev–Trinajstić information content (AvgIpc) is 2.98. The molecule has 0 atom stereocenters. The van der Waals surface area contributed by atoms with Crippen molar-refractivity contribution in [2.75, 3.05) is 42.9 Å². The van der Waals surface area contributed by atoms with Crippen LogP contribution in [0.2, 0.25) is 0 Å². The SMILES string of the molecule is Cc1cnc(N2CCN(CC(=O)Nc3c(C)cccc3C)CC2)s1. The Balaban J connectivity index is 1.51. The number of hydrogen-bond donors (Lipinski definition) is 1. The molecule has 1 aromatic carbocycles. The molecule has 1 aliphatic rings. The fourth-order valence-corrected chi connectivity index (χ4v) is 3.79. The molecule has 1 fully saturated rings. The van der Waals surface area contributed by atoms with Gasteiger partial charge in [0.25, 0.3) is 0 Å². The highest BCUT2D eigenvalue weighted by Crippen LogP contribution is 2.23. The predicted molar refractivity (Wildman–Crippen MR) is 100 cm³/mol. The number of aromatic nitrogens is 1. The number of nitrogens with zero attached hydrogens (tertiary/aromatic N) is 3. The zero-order valence-corrected chi connectivity index (χ0v) is 15.3. The van der Waals surface area contributed by atoms with Crippen LogP contribution >= 0.6 is 11.3 Å². The molecule has 0 unspecified atom stereocenters. The fourth-order valence-electron chi connectivity index (χ4n) is 2.98. The third-order valence-electron chi connectivity index (χ3n) is 4.36. The van der Waals surface area contributed by atoms with Gasteiger partial charge in [-0.2, -0.15) is 0 Å². The molecule has 1 N–H and O–H groups in total. The summed E-state index contributed by atoms with van der Waals surface area (Å²) in [7, 11) is 0. The summed E-state index contributed by atoms with van der Waals surface area (Å²) >= 11 is 1.73. The van der Waals surface area contributed by atoms with Gasteiger partial charge in [0.2, 0.25) is 5.91 Å². The molecule has 5 nitrogen and oxygen atoms in total. The number of aryl methyl sites for hydroxylation is 3. The van der Waals surface area contributed by atoms with Crippen molar-refractivity contribution < 1.29 is 4.79 Å². The van der Waals surface area contributed by atoms with E-state index < -0.39 is 0 Å². The first-order valence-corrected chi connectivity index (χ1v) is 9.10. The van der Waals surface area contributed by atoms with Gasteiger partial charge in [0, 0.05) is 42.9 Å². The summed E-state index contributed by atoms with van der Waals surface area (Å²) in [6.07, 6.45) is 1.92. The maximum atomic E-state index is 12.4. The van der Waals surface area contributed by atoms with Gasteiger partial charge in [-0.05, 0) is 31.9 Å². The van der Waals surface area contributed by atoms with Crippen LogP contribution in [0.4, 0.5) is 10.8 Å². The molecule has 1 amide bonds. The van der Waals surface area contributed by atoms with Crippen LogP contribution in [-0.4, -0.2) is 48.5 Å². The third-order valence-corrected chi connectivity index (χ3v) is 5.34. The Kier molecular flexibility index (Phi) is 5.16. The van der Waals surface area contributed by atoms with Crippen LogP contribution in [0.5, 0.6) is 0 Å². The summed E-state index contributed by atoms with van der Waals surface area (Å²) in [6.45, 7) is 10.2. The van der Waals surface area contributed by atoms with E-state index in [1.165, 1.54) is 4.88 Å². The number of thiazole rings is 1. The van der Waals surface area contributed by atoms with Crippen molar-refractivity contribution in [2.24, 2.45) is 0 Å². The Hall–Kier alpha value is -1.92. The number of hydrogen-bond acceptors (Lipinski definition) is 5. The highest BCUT2D eigenvalue weighted by atomic mass is 32.1. The van der Waals surface area contributed by atoms with Crippen LogP contribution in [0.25, 0.3) is 0 Å². The fraction of sp³-hybridized carbons (Fsp3) is 0.444. The normalized spacial score (nSPS) is 15.5. The minimum Gasteiger partial charge on any atom is -0.346 e. The number of piperazine rings is 1. The summed E-state index contributed by atoms with van der Waals surface area (Å²) in [6, 6.07) is 6.06. The van der Waals surface area contributed by atoms with Gasteiger partial charge in [0.1, 0.15) is 0 Å². The van der Waals surface area contributed by atoms with E-state index in [1.807, 2.05) is 38.2 Å². The molecule has 6 heteroatoms. The lowest BCUT2D eigenvalue weighted by atomic mass is 10.1. The van der Waals surface area contributed by atoms with Gasteiger partial charge in [0.15, 0.2) is 5.13 Å². The number of carbonyl (C=O) groups excluding carboxylic acids is 1. The molecule has 2 heterocycles. The topological polar surface area (TPSA) is 48.5 Å².